The van der Waals surface area contributed by atoms with Gasteiger partial charge in [-0.15, -0.1) is 11.3 Å². The van der Waals surface area contributed by atoms with Gasteiger partial charge >= 0.3 is 0 Å². The number of nitrogens with two attached hydrogens (primary N) is 1. The highest BCUT2D eigenvalue weighted by Crippen LogP contribution is 2.25. The van der Waals surface area contributed by atoms with Gasteiger partial charge in [0.05, 0.1) is 17.1 Å². The maximum Gasteiger partial charge on any atom is 0.271 e. The van der Waals surface area contributed by atoms with E-state index in [9.17, 15) is 8.42 Å². The van der Waals surface area contributed by atoms with Crippen LogP contribution in [0.25, 0.3) is 0 Å². The van der Waals surface area contributed by atoms with Crippen molar-refractivity contribution in [1.82, 2.24) is 10.2 Å². The lowest BCUT2D eigenvalue weighted by molar-refractivity contribution is 0.603. The molecule has 2 heterocycles. The molecule has 6 nitrogen and oxygen atoms in total. The van der Waals surface area contributed by atoms with E-state index < -0.39 is 10.0 Å². The molecule has 0 saturated carbocycles. The van der Waals surface area contributed by atoms with E-state index in [0.29, 0.717) is 23.6 Å². The number of sulfonamides is 1. The van der Waals surface area contributed by atoms with Gasteiger partial charge in [-0.05, 0) is 30.9 Å². The van der Waals surface area contributed by atoms with E-state index in [4.69, 9.17) is 5.73 Å². The molecule has 0 unspecified atom stereocenters. The van der Waals surface area contributed by atoms with Gasteiger partial charge in [0.1, 0.15) is 4.21 Å². The summed E-state index contributed by atoms with van der Waals surface area (Å²) in [6, 6.07) is 1.58. The molecule has 2 rings (SSSR count). The fraction of sp³-hybridized carbons (Fsp3) is 0.300. The Labute approximate surface area is 109 Å². The van der Waals surface area contributed by atoms with Crippen LogP contribution in [0.1, 0.15) is 17.0 Å². The van der Waals surface area contributed by atoms with Crippen molar-refractivity contribution in [2.24, 2.45) is 5.73 Å². The molecule has 98 valence electrons. The normalized spacial score (nSPS) is 11.7. The first-order valence-corrected chi connectivity index (χ1v) is 7.62. The van der Waals surface area contributed by atoms with Crippen molar-refractivity contribution in [3.63, 3.8) is 0 Å². The second-order valence-electron chi connectivity index (χ2n) is 3.89. The van der Waals surface area contributed by atoms with E-state index in [-0.39, 0.29) is 4.21 Å². The van der Waals surface area contributed by atoms with Crippen LogP contribution in [0.4, 0.5) is 5.69 Å². The number of anilines is 1. The molecule has 0 aliphatic carbocycles. The van der Waals surface area contributed by atoms with Crippen LogP contribution in [0.5, 0.6) is 0 Å². The Kier molecular flexibility index (Phi) is 3.42. The zero-order valence-corrected chi connectivity index (χ0v) is 11.7. The number of H-pyrrole nitrogens is 1. The van der Waals surface area contributed by atoms with Crippen molar-refractivity contribution >= 4 is 27.0 Å². The van der Waals surface area contributed by atoms with Crippen LogP contribution in [0.3, 0.4) is 0 Å². The largest absolute Gasteiger partial charge is 0.326 e. The van der Waals surface area contributed by atoms with Crippen molar-refractivity contribution in [2.75, 3.05) is 4.72 Å². The van der Waals surface area contributed by atoms with Crippen molar-refractivity contribution in [2.45, 2.75) is 24.6 Å². The average Bonchev–Trinajstić information content (AvgIpc) is 2.91. The van der Waals surface area contributed by atoms with E-state index in [1.54, 1.807) is 25.3 Å². The molecule has 2 aromatic rings. The molecule has 0 amide bonds. The number of hydrogen-bond acceptors (Lipinski definition) is 5. The number of aryl methyl sites for hydroxylation is 2. The summed E-state index contributed by atoms with van der Waals surface area (Å²) in [6.07, 6.45) is 0. The van der Waals surface area contributed by atoms with E-state index in [0.717, 1.165) is 16.9 Å². The summed E-state index contributed by atoms with van der Waals surface area (Å²) in [4.78, 5) is 0. The molecule has 0 radical (unpaired) electrons. The highest BCUT2D eigenvalue weighted by molar-refractivity contribution is 7.94. The number of nitrogens with one attached hydrogen (secondary N) is 2. The third-order valence-electron chi connectivity index (χ3n) is 2.49. The summed E-state index contributed by atoms with van der Waals surface area (Å²) in [6.45, 7) is 3.83. The smallest absolute Gasteiger partial charge is 0.271 e. The molecular weight excluding hydrogens is 272 g/mol. The molecule has 8 heteroatoms. The standard InChI is InChI=1S/C10H14N4O2S2/c1-6-10(7(2)13-12-6)14-18(15,16)9-3-8(4-11)5-17-9/h3,5,14H,4,11H2,1-2H3,(H,12,13). The summed E-state index contributed by atoms with van der Waals surface area (Å²) in [5.41, 5.74) is 8.08. The zero-order valence-electron chi connectivity index (χ0n) is 10.0. The summed E-state index contributed by atoms with van der Waals surface area (Å²) in [5, 5.41) is 8.42. The van der Waals surface area contributed by atoms with E-state index in [2.05, 4.69) is 14.9 Å². The molecular formula is C10H14N4O2S2. The molecule has 18 heavy (non-hydrogen) atoms. The van der Waals surface area contributed by atoms with Crippen LogP contribution < -0.4 is 10.5 Å². The Morgan fingerprint density at radius 3 is 2.72 bits per heavy atom. The fourth-order valence-corrected chi connectivity index (χ4v) is 3.89. The molecule has 4 N–H and O–H groups in total. The molecule has 0 spiro atoms. The van der Waals surface area contributed by atoms with Crippen molar-refractivity contribution < 1.29 is 8.42 Å². The first-order valence-electron chi connectivity index (χ1n) is 5.26. The van der Waals surface area contributed by atoms with Crippen LogP contribution in [0, 0.1) is 13.8 Å². The van der Waals surface area contributed by atoms with Gasteiger partial charge in [-0.25, -0.2) is 8.42 Å². The Morgan fingerprint density at radius 1 is 1.50 bits per heavy atom. The maximum absolute atomic E-state index is 12.2. The molecule has 0 aliphatic rings. The Morgan fingerprint density at radius 2 is 2.22 bits per heavy atom. The minimum Gasteiger partial charge on any atom is -0.326 e. The van der Waals surface area contributed by atoms with Gasteiger partial charge in [0.25, 0.3) is 10.0 Å². The van der Waals surface area contributed by atoms with Crippen molar-refractivity contribution in [3.8, 4) is 0 Å². The lowest BCUT2D eigenvalue weighted by Crippen LogP contribution is -2.12. The minimum atomic E-state index is -3.56. The predicted octanol–water partition coefficient (Wildman–Crippen LogP) is 1.35. The first kappa shape index (κ1) is 13.1. The highest BCUT2D eigenvalue weighted by atomic mass is 32.2. The average molecular weight is 286 g/mol. The molecule has 0 aliphatic heterocycles. The van der Waals surface area contributed by atoms with Gasteiger partial charge in [0.15, 0.2) is 0 Å². The quantitative estimate of drug-likeness (QED) is 0.789. The Hall–Kier alpha value is -1.38. The van der Waals surface area contributed by atoms with Gasteiger partial charge in [-0.2, -0.15) is 5.10 Å². The van der Waals surface area contributed by atoms with Crippen LogP contribution in [0.15, 0.2) is 15.7 Å². The molecule has 0 aromatic carbocycles. The molecule has 0 saturated heterocycles. The number of thiophene rings is 1. The number of nitrogens with zero attached hydrogens (tertiary/aromatic N) is 1. The van der Waals surface area contributed by atoms with E-state index in [1.165, 1.54) is 0 Å². The molecule has 2 aromatic heterocycles. The number of aromatic nitrogens is 2. The van der Waals surface area contributed by atoms with E-state index >= 15 is 0 Å². The lowest BCUT2D eigenvalue weighted by Gasteiger charge is -2.05. The number of aromatic amines is 1. The fourth-order valence-electron chi connectivity index (χ4n) is 1.49. The minimum absolute atomic E-state index is 0.253. The monoisotopic (exact) mass is 286 g/mol. The Balaban J connectivity index is 2.33. The van der Waals surface area contributed by atoms with Crippen molar-refractivity contribution in [1.29, 1.82) is 0 Å². The van der Waals surface area contributed by atoms with Gasteiger partial charge in [0, 0.05) is 6.54 Å². The van der Waals surface area contributed by atoms with Crippen LogP contribution in [-0.4, -0.2) is 18.6 Å². The highest BCUT2D eigenvalue weighted by Gasteiger charge is 2.19. The third kappa shape index (κ3) is 2.40. The Bertz CT molecular complexity index is 638. The predicted molar refractivity (Wildman–Crippen MR) is 71.1 cm³/mol. The lowest BCUT2D eigenvalue weighted by atomic mass is 10.3. The molecule has 0 atom stereocenters. The van der Waals surface area contributed by atoms with Crippen molar-refractivity contribution in [3.05, 3.63) is 28.4 Å². The van der Waals surface area contributed by atoms with Crippen LogP contribution in [-0.2, 0) is 16.6 Å². The molecule has 0 fully saturated rings. The van der Waals surface area contributed by atoms with Gasteiger partial charge in [-0.1, -0.05) is 0 Å². The summed E-state index contributed by atoms with van der Waals surface area (Å²) < 4.78 is 27.1. The first-order chi connectivity index (χ1) is 8.44. The summed E-state index contributed by atoms with van der Waals surface area (Å²) >= 11 is 1.15. The number of rotatable bonds is 4. The second-order valence-corrected chi connectivity index (χ2v) is 6.71. The molecule has 0 bridgehead atoms. The maximum atomic E-state index is 12.2. The summed E-state index contributed by atoms with van der Waals surface area (Å²) in [7, 11) is -3.56. The van der Waals surface area contributed by atoms with Gasteiger partial charge in [-0.3, -0.25) is 9.82 Å². The van der Waals surface area contributed by atoms with Gasteiger partial charge in [0.2, 0.25) is 0 Å². The second kappa shape index (κ2) is 4.71. The van der Waals surface area contributed by atoms with Gasteiger partial charge < -0.3 is 5.73 Å². The summed E-state index contributed by atoms with van der Waals surface area (Å²) in [5.74, 6) is 0. The zero-order chi connectivity index (χ0) is 13.3. The van der Waals surface area contributed by atoms with Crippen LogP contribution >= 0.6 is 11.3 Å². The number of hydrogen-bond donors (Lipinski definition) is 3. The van der Waals surface area contributed by atoms with E-state index in [1.807, 2.05) is 0 Å². The SMILES string of the molecule is Cc1n[nH]c(C)c1NS(=O)(=O)c1cc(CN)cs1. The van der Waals surface area contributed by atoms with Crippen LogP contribution in [0.2, 0.25) is 0 Å². The third-order valence-corrected chi connectivity index (χ3v) is 5.33. The topological polar surface area (TPSA) is 101 Å².